The summed E-state index contributed by atoms with van der Waals surface area (Å²) in [6.07, 6.45) is 1.61. The smallest absolute Gasteiger partial charge is 0.186 e. The van der Waals surface area contributed by atoms with Gasteiger partial charge in [-0.05, 0) is 43.8 Å². The van der Waals surface area contributed by atoms with Crippen LogP contribution in [0.25, 0.3) is 10.9 Å². The van der Waals surface area contributed by atoms with Gasteiger partial charge in [0, 0.05) is 17.5 Å². The molecule has 0 radical (unpaired) electrons. The lowest BCUT2D eigenvalue weighted by Gasteiger charge is -2.04. The van der Waals surface area contributed by atoms with Gasteiger partial charge in [-0.3, -0.25) is 5.43 Å². The van der Waals surface area contributed by atoms with Gasteiger partial charge in [0.15, 0.2) is 5.11 Å². The first-order valence-electron chi connectivity index (χ1n) is 6.24. The van der Waals surface area contributed by atoms with Gasteiger partial charge in [-0.1, -0.05) is 23.7 Å². The number of hydrazone groups is 1. The number of halogens is 1. The molecule has 2 N–H and O–H groups in total. The van der Waals surface area contributed by atoms with E-state index in [0.29, 0.717) is 10.3 Å². The normalized spacial score (nSPS) is 10.9. The van der Waals surface area contributed by atoms with E-state index < -0.39 is 0 Å². The first kappa shape index (κ1) is 14.7. The molecule has 1 heterocycles. The molecule has 0 atom stereocenters. The Morgan fingerprint density at radius 1 is 1.45 bits per heavy atom. The Hall–Kier alpha value is -1.72. The van der Waals surface area contributed by atoms with Crippen LogP contribution in [-0.4, -0.2) is 22.9 Å². The average molecular weight is 307 g/mol. The molecule has 0 amide bonds. The summed E-state index contributed by atoms with van der Waals surface area (Å²) in [5, 5.41) is 8.90. The third-order valence-electron chi connectivity index (χ3n) is 2.66. The van der Waals surface area contributed by atoms with Crippen molar-refractivity contribution in [1.29, 1.82) is 0 Å². The van der Waals surface area contributed by atoms with Crippen molar-refractivity contribution < 1.29 is 0 Å². The Balaban J connectivity index is 2.22. The van der Waals surface area contributed by atoms with Crippen LogP contribution in [0, 0.1) is 6.92 Å². The molecule has 0 spiro atoms. The molecular formula is C14H15ClN4S. The van der Waals surface area contributed by atoms with Crippen LogP contribution in [0.5, 0.6) is 0 Å². The highest BCUT2D eigenvalue weighted by molar-refractivity contribution is 7.80. The molecule has 0 saturated heterocycles. The molecular weight excluding hydrogens is 292 g/mol. The molecule has 1 aromatic carbocycles. The summed E-state index contributed by atoms with van der Waals surface area (Å²) in [5.41, 5.74) is 5.50. The molecule has 0 bridgehead atoms. The quantitative estimate of drug-likeness (QED) is 0.396. The maximum absolute atomic E-state index is 6.15. The molecule has 0 aliphatic carbocycles. The first-order valence-corrected chi connectivity index (χ1v) is 7.02. The zero-order valence-corrected chi connectivity index (χ0v) is 12.8. The predicted molar refractivity (Wildman–Crippen MR) is 88.5 cm³/mol. The lowest BCUT2D eigenvalue weighted by molar-refractivity contribution is 0.904. The van der Waals surface area contributed by atoms with Gasteiger partial charge in [0.2, 0.25) is 0 Å². The molecule has 104 valence electrons. The topological polar surface area (TPSA) is 49.3 Å². The summed E-state index contributed by atoms with van der Waals surface area (Å²) in [6.45, 7) is 4.73. The Morgan fingerprint density at radius 2 is 2.25 bits per heavy atom. The highest BCUT2D eigenvalue weighted by Crippen LogP contribution is 2.20. The second kappa shape index (κ2) is 6.63. The molecule has 2 rings (SSSR count). The molecule has 20 heavy (non-hydrogen) atoms. The summed E-state index contributed by atoms with van der Waals surface area (Å²) >= 11 is 11.2. The van der Waals surface area contributed by atoms with Gasteiger partial charge in [0.1, 0.15) is 5.15 Å². The third kappa shape index (κ3) is 3.65. The fourth-order valence-electron chi connectivity index (χ4n) is 1.72. The van der Waals surface area contributed by atoms with Crippen LogP contribution in [0.1, 0.15) is 18.1 Å². The van der Waals surface area contributed by atoms with Crippen LogP contribution in [0.2, 0.25) is 5.15 Å². The second-order valence-electron chi connectivity index (χ2n) is 4.29. The van der Waals surface area contributed by atoms with Crippen LogP contribution in [0.3, 0.4) is 0 Å². The van der Waals surface area contributed by atoms with Crippen molar-refractivity contribution in [1.82, 2.24) is 15.7 Å². The number of nitrogens with one attached hydrogen (secondary N) is 2. The van der Waals surface area contributed by atoms with E-state index in [1.165, 1.54) is 0 Å². The number of thiocarbonyl (C=S) groups is 1. The Kier molecular flexibility index (Phi) is 4.87. The monoisotopic (exact) mass is 306 g/mol. The lowest BCUT2D eigenvalue weighted by Crippen LogP contribution is -2.31. The van der Waals surface area contributed by atoms with E-state index in [0.717, 1.165) is 28.6 Å². The van der Waals surface area contributed by atoms with E-state index in [-0.39, 0.29) is 0 Å². The lowest BCUT2D eigenvalue weighted by atomic mass is 10.1. The standard InChI is InChI=1S/C14H15ClN4S/c1-3-16-14(20)19-17-8-11-7-10-5-4-9(2)6-12(10)18-13(11)15/h4-8H,3H2,1-2H3,(H2,16,19,20). The summed E-state index contributed by atoms with van der Waals surface area (Å²) in [5.74, 6) is 0. The van der Waals surface area contributed by atoms with Crippen LogP contribution in [0.15, 0.2) is 29.4 Å². The molecule has 4 nitrogen and oxygen atoms in total. The van der Waals surface area contributed by atoms with Gasteiger partial charge in [-0.2, -0.15) is 5.10 Å². The van der Waals surface area contributed by atoms with Crippen molar-refractivity contribution in [2.45, 2.75) is 13.8 Å². The molecule has 0 fully saturated rings. The van der Waals surface area contributed by atoms with E-state index in [1.807, 2.05) is 38.1 Å². The number of pyridine rings is 1. The Labute approximate surface area is 128 Å². The van der Waals surface area contributed by atoms with E-state index in [1.54, 1.807) is 6.21 Å². The SMILES string of the molecule is CCNC(=S)NN=Cc1cc2ccc(C)cc2nc1Cl. The highest BCUT2D eigenvalue weighted by atomic mass is 35.5. The minimum absolute atomic E-state index is 0.419. The average Bonchev–Trinajstić information content (AvgIpc) is 2.40. The molecule has 0 aliphatic heterocycles. The molecule has 2 aromatic rings. The predicted octanol–water partition coefficient (Wildman–Crippen LogP) is 3.01. The molecule has 0 aliphatic rings. The molecule has 6 heteroatoms. The molecule has 0 unspecified atom stereocenters. The number of hydrogen-bond acceptors (Lipinski definition) is 3. The maximum Gasteiger partial charge on any atom is 0.186 e. The Bertz CT molecular complexity index is 670. The number of benzene rings is 1. The van der Waals surface area contributed by atoms with Crippen molar-refractivity contribution in [3.05, 3.63) is 40.5 Å². The summed E-state index contributed by atoms with van der Waals surface area (Å²) in [6, 6.07) is 8.01. The summed E-state index contributed by atoms with van der Waals surface area (Å²) in [4.78, 5) is 4.37. The van der Waals surface area contributed by atoms with Crippen LogP contribution >= 0.6 is 23.8 Å². The van der Waals surface area contributed by atoms with Gasteiger partial charge in [-0.25, -0.2) is 4.98 Å². The van der Waals surface area contributed by atoms with Gasteiger partial charge in [0.05, 0.1) is 11.7 Å². The molecule has 0 saturated carbocycles. The first-order chi connectivity index (χ1) is 9.60. The van der Waals surface area contributed by atoms with Crippen molar-refractivity contribution in [3.8, 4) is 0 Å². The van der Waals surface area contributed by atoms with Gasteiger partial charge < -0.3 is 5.32 Å². The zero-order valence-electron chi connectivity index (χ0n) is 11.3. The van der Waals surface area contributed by atoms with Crippen molar-refractivity contribution >= 4 is 46.0 Å². The number of hydrogen-bond donors (Lipinski definition) is 2. The Morgan fingerprint density at radius 3 is 3.00 bits per heavy atom. The van der Waals surface area contributed by atoms with Crippen LogP contribution < -0.4 is 10.7 Å². The van der Waals surface area contributed by atoms with Crippen molar-refractivity contribution in [2.24, 2.45) is 5.10 Å². The van der Waals surface area contributed by atoms with E-state index in [2.05, 4.69) is 20.8 Å². The van der Waals surface area contributed by atoms with Gasteiger partial charge >= 0.3 is 0 Å². The fourth-order valence-corrected chi connectivity index (χ4v) is 2.11. The largest absolute Gasteiger partial charge is 0.362 e. The van der Waals surface area contributed by atoms with Crippen molar-refractivity contribution in [3.63, 3.8) is 0 Å². The number of aryl methyl sites for hydroxylation is 1. The number of rotatable bonds is 3. The highest BCUT2D eigenvalue weighted by Gasteiger charge is 2.03. The number of nitrogens with zero attached hydrogens (tertiary/aromatic N) is 2. The number of fused-ring (bicyclic) bond motifs is 1. The van der Waals surface area contributed by atoms with Crippen LogP contribution in [-0.2, 0) is 0 Å². The summed E-state index contributed by atoms with van der Waals surface area (Å²) < 4.78 is 0. The third-order valence-corrected chi connectivity index (χ3v) is 3.20. The molecule has 1 aromatic heterocycles. The van der Waals surface area contributed by atoms with E-state index in [9.17, 15) is 0 Å². The minimum atomic E-state index is 0.419. The number of aromatic nitrogens is 1. The minimum Gasteiger partial charge on any atom is -0.362 e. The second-order valence-corrected chi connectivity index (χ2v) is 5.06. The fraction of sp³-hybridized carbons (Fsp3) is 0.214. The van der Waals surface area contributed by atoms with Gasteiger partial charge in [0.25, 0.3) is 0 Å². The van der Waals surface area contributed by atoms with Crippen LogP contribution in [0.4, 0.5) is 0 Å². The van der Waals surface area contributed by atoms with E-state index >= 15 is 0 Å². The van der Waals surface area contributed by atoms with E-state index in [4.69, 9.17) is 23.8 Å². The van der Waals surface area contributed by atoms with Crippen molar-refractivity contribution in [2.75, 3.05) is 6.54 Å². The summed E-state index contributed by atoms with van der Waals surface area (Å²) in [7, 11) is 0. The maximum atomic E-state index is 6.15. The van der Waals surface area contributed by atoms with Gasteiger partial charge in [-0.15, -0.1) is 0 Å². The zero-order chi connectivity index (χ0) is 14.5.